The standard InChI is InChI=1S/C21H16N2O4/c1-13(20(25)23-16-9-6-14(12-22)7-10-16)27-21(26)18-11-8-15-4-2-3-5-17(15)19(18)24/h2-11,13,24H,1H3,(H,23,25)/t13-/m1/s1. The Labute approximate surface area is 155 Å². The van der Waals surface area contributed by atoms with Crippen LogP contribution in [0.5, 0.6) is 5.75 Å². The Morgan fingerprint density at radius 2 is 1.78 bits per heavy atom. The van der Waals surface area contributed by atoms with Gasteiger partial charge in [0.05, 0.1) is 11.6 Å². The van der Waals surface area contributed by atoms with Gasteiger partial charge in [0.2, 0.25) is 0 Å². The number of esters is 1. The summed E-state index contributed by atoms with van der Waals surface area (Å²) >= 11 is 0. The van der Waals surface area contributed by atoms with E-state index in [1.54, 1.807) is 42.5 Å². The van der Waals surface area contributed by atoms with E-state index in [9.17, 15) is 14.7 Å². The van der Waals surface area contributed by atoms with Crippen LogP contribution in [-0.4, -0.2) is 23.1 Å². The van der Waals surface area contributed by atoms with Crippen molar-refractivity contribution < 1.29 is 19.4 Å². The zero-order valence-corrected chi connectivity index (χ0v) is 14.5. The van der Waals surface area contributed by atoms with Crippen LogP contribution in [0, 0.1) is 11.3 Å². The fourth-order valence-corrected chi connectivity index (χ4v) is 2.57. The first kappa shape index (κ1) is 18.0. The highest BCUT2D eigenvalue weighted by molar-refractivity contribution is 6.02. The van der Waals surface area contributed by atoms with Crippen LogP contribution >= 0.6 is 0 Å². The average molecular weight is 360 g/mol. The molecule has 0 unspecified atom stereocenters. The monoisotopic (exact) mass is 360 g/mol. The quantitative estimate of drug-likeness (QED) is 0.693. The van der Waals surface area contributed by atoms with E-state index < -0.39 is 18.0 Å². The highest BCUT2D eigenvalue weighted by atomic mass is 16.5. The Kier molecular flexibility index (Phi) is 5.04. The number of fused-ring (bicyclic) bond motifs is 1. The molecule has 3 aromatic carbocycles. The molecule has 0 heterocycles. The summed E-state index contributed by atoms with van der Waals surface area (Å²) in [5.41, 5.74) is 0.946. The van der Waals surface area contributed by atoms with Gasteiger partial charge < -0.3 is 15.2 Å². The number of nitrogens with one attached hydrogen (secondary N) is 1. The van der Waals surface area contributed by atoms with Gasteiger partial charge in [-0.15, -0.1) is 0 Å². The van der Waals surface area contributed by atoms with Gasteiger partial charge in [0.25, 0.3) is 5.91 Å². The SMILES string of the molecule is C[C@@H](OC(=O)c1ccc2ccccc2c1O)C(=O)Nc1ccc(C#N)cc1. The molecule has 0 spiro atoms. The number of nitrogens with zero attached hydrogens (tertiary/aromatic N) is 1. The predicted octanol–water partition coefficient (Wildman–Crippen LogP) is 3.60. The largest absolute Gasteiger partial charge is 0.506 e. The number of aromatic hydroxyl groups is 1. The molecule has 0 aliphatic heterocycles. The zero-order valence-electron chi connectivity index (χ0n) is 14.5. The van der Waals surface area contributed by atoms with E-state index in [0.717, 1.165) is 5.39 Å². The van der Waals surface area contributed by atoms with E-state index in [1.165, 1.54) is 13.0 Å². The molecule has 0 radical (unpaired) electrons. The minimum atomic E-state index is -1.07. The highest BCUT2D eigenvalue weighted by Gasteiger charge is 2.22. The lowest BCUT2D eigenvalue weighted by Gasteiger charge is -2.14. The van der Waals surface area contributed by atoms with Crippen LogP contribution in [0.4, 0.5) is 5.69 Å². The van der Waals surface area contributed by atoms with Gasteiger partial charge in [-0.25, -0.2) is 4.79 Å². The first-order valence-electron chi connectivity index (χ1n) is 8.22. The van der Waals surface area contributed by atoms with Crippen LogP contribution in [-0.2, 0) is 9.53 Å². The number of ether oxygens (including phenoxy) is 1. The molecule has 0 saturated carbocycles. The topological polar surface area (TPSA) is 99.4 Å². The zero-order chi connectivity index (χ0) is 19.4. The summed E-state index contributed by atoms with van der Waals surface area (Å²) in [7, 11) is 0. The summed E-state index contributed by atoms with van der Waals surface area (Å²) in [4.78, 5) is 24.6. The van der Waals surface area contributed by atoms with Crippen LogP contribution < -0.4 is 5.32 Å². The maximum atomic E-state index is 12.4. The van der Waals surface area contributed by atoms with Crippen molar-refractivity contribution in [3.63, 3.8) is 0 Å². The van der Waals surface area contributed by atoms with Crippen molar-refractivity contribution in [1.82, 2.24) is 0 Å². The van der Waals surface area contributed by atoms with Crippen LogP contribution in [0.3, 0.4) is 0 Å². The van der Waals surface area contributed by atoms with Crippen molar-refractivity contribution in [3.8, 4) is 11.8 Å². The molecule has 0 bridgehead atoms. The first-order valence-corrected chi connectivity index (χ1v) is 8.22. The average Bonchev–Trinajstić information content (AvgIpc) is 2.68. The van der Waals surface area contributed by atoms with Crippen molar-refractivity contribution in [2.75, 3.05) is 5.32 Å². The van der Waals surface area contributed by atoms with E-state index >= 15 is 0 Å². The molecule has 134 valence electrons. The summed E-state index contributed by atoms with van der Waals surface area (Å²) < 4.78 is 5.18. The van der Waals surface area contributed by atoms with E-state index in [2.05, 4.69) is 5.32 Å². The third-order valence-corrected chi connectivity index (χ3v) is 4.06. The molecule has 0 aliphatic rings. The van der Waals surface area contributed by atoms with Crippen LogP contribution in [0.2, 0.25) is 0 Å². The summed E-state index contributed by atoms with van der Waals surface area (Å²) in [6, 6.07) is 18.6. The third kappa shape index (κ3) is 3.88. The number of carbonyl (C=O) groups is 2. The van der Waals surface area contributed by atoms with Gasteiger partial charge in [-0.2, -0.15) is 5.26 Å². The maximum Gasteiger partial charge on any atom is 0.342 e. The Hall–Kier alpha value is -3.85. The fourth-order valence-electron chi connectivity index (χ4n) is 2.57. The van der Waals surface area contributed by atoms with Crippen molar-refractivity contribution in [2.45, 2.75) is 13.0 Å². The van der Waals surface area contributed by atoms with Gasteiger partial charge in [0, 0.05) is 11.1 Å². The summed E-state index contributed by atoms with van der Waals surface area (Å²) in [5.74, 6) is -1.49. The number of benzene rings is 3. The number of phenols is 1. The number of hydrogen-bond acceptors (Lipinski definition) is 5. The van der Waals surface area contributed by atoms with E-state index in [1.807, 2.05) is 18.2 Å². The van der Waals surface area contributed by atoms with Gasteiger partial charge in [0.15, 0.2) is 6.10 Å². The van der Waals surface area contributed by atoms with Crippen molar-refractivity contribution in [3.05, 3.63) is 71.8 Å². The Morgan fingerprint density at radius 3 is 2.48 bits per heavy atom. The highest BCUT2D eigenvalue weighted by Crippen LogP contribution is 2.29. The summed E-state index contributed by atoms with van der Waals surface area (Å²) in [6.07, 6.45) is -1.07. The molecule has 2 N–H and O–H groups in total. The number of carbonyl (C=O) groups excluding carboxylic acids is 2. The molecule has 1 atom stereocenters. The fraction of sp³-hybridized carbons (Fsp3) is 0.0952. The number of anilines is 1. The van der Waals surface area contributed by atoms with Crippen LogP contribution in [0.25, 0.3) is 10.8 Å². The van der Waals surface area contributed by atoms with Gasteiger partial charge in [-0.3, -0.25) is 4.79 Å². The van der Waals surface area contributed by atoms with E-state index in [0.29, 0.717) is 16.6 Å². The van der Waals surface area contributed by atoms with Crippen LogP contribution in [0.15, 0.2) is 60.7 Å². The number of rotatable bonds is 4. The maximum absolute atomic E-state index is 12.4. The molecular weight excluding hydrogens is 344 g/mol. The molecule has 6 nitrogen and oxygen atoms in total. The number of phenolic OH excluding ortho intramolecular Hbond substituents is 1. The van der Waals surface area contributed by atoms with Gasteiger partial charge in [-0.1, -0.05) is 30.3 Å². The molecule has 0 aliphatic carbocycles. The molecule has 0 saturated heterocycles. The Bertz CT molecular complexity index is 1050. The van der Waals surface area contributed by atoms with Gasteiger partial charge >= 0.3 is 5.97 Å². The molecule has 27 heavy (non-hydrogen) atoms. The molecule has 0 aromatic heterocycles. The molecule has 3 aromatic rings. The number of nitriles is 1. The van der Waals surface area contributed by atoms with E-state index in [-0.39, 0.29) is 11.3 Å². The minimum Gasteiger partial charge on any atom is -0.506 e. The summed E-state index contributed by atoms with van der Waals surface area (Å²) in [5, 5.41) is 23.0. The second-order valence-corrected chi connectivity index (χ2v) is 5.91. The van der Waals surface area contributed by atoms with E-state index in [4.69, 9.17) is 10.00 Å². The normalized spacial score (nSPS) is 11.4. The first-order chi connectivity index (χ1) is 13.0. The molecule has 1 amide bonds. The third-order valence-electron chi connectivity index (χ3n) is 4.06. The Morgan fingerprint density at radius 1 is 1.07 bits per heavy atom. The lowest BCUT2D eigenvalue weighted by atomic mass is 10.1. The molecule has 6 heteroatoms. The lowest BCUT2D eigenvalue weighted by molar-refractivity contribution is -0.123. The minimum absolute atomic E-state index is 0.00766. The van der Waals surface area contributed by atoms with Gasteiger partial charge in [0.1, 0.15) is 11.3 Å². The second-order valence-electron chi connectivity index (χ2n) is 5.91. The molecule has 0 fully saturated rings. The number of hydrogen-bond donors (Lipinski definition) is 2. The van der Waals surface area contributed by atoms with Gasteiger partial charge in [-0.05, 0) is 42.6 Å². The van der Waals surface area contributed by atoms with Crippen LogP contribution in [0.1, 0.15) is 22.8 Å². The van der Waals surface area contributed by atoms with Crippen molar-refractivity contribution in [1.29, 1.82) is 5.26 Å². The second kappa shape index (κ2) is 7.58. The lowest BCUT2D eigenvalue weighted by Crippen LogP contribution is -2.30. The molecule has 3 rings (SSSR count). The number of amides is 1. The van der Waals surface area contributed by atoms with Crippen molar-refractivity contribution in [2.24, 2.45) is 0 Å². The smallest absolute Gasteiger partial charge is 0.342 e. The van der Waals surface area contributed by atoms with Crippen molar-refractivity contribution >= 4 is 28.3 Å². The Balaban J connectivity index is 1.70. The predicted molar refractivity (Wildman–Crippen MR) is 100 cm³/mol. The summed E-state index contributed by atoms with van der Waals surface area (Å²) in [6.45, 7) is 1.44. The molecular formula is C21H16N2O4.